The fourth-order valence-electron chi connectivity index (χ4n) is 4.28. The van der Waals surface area contributed by atoms with Crippen molar-refractivity contribution in [2.45, 2.75) is 50.5 Å². The Hall–Kier alpha value is -3.52. The molecule has 0 unspecified atom stereocenters. The highest BCUT2D eigenvalue weighted by Gasteiger charge is 2.29. The summed E-state index contributed by atoms with van der Waals surface area (Å²) in [6.45, 7) is 3.32. The van der Waals surface area contributed by atoms with Crippen LogP contribution in [0.25, 0.3) is 0 Å². The van der Waals surface area contributed by atoms with Gasteiger partial charge in [0.15, 0.2) is 0 Å². The van der Waals surface area contributed by atoms with Gasteiger partial charge in [-0.1, -0.05) is 23.8 Å². The van der Waals surface area contributed by atoms with E-state index < -0.39 is 22.5 Å². The summed E-state index contributed by atoms with van der Waals surface area (Å²) < 4.78 is 39.9. The molecule has 3 aromatic carbocycles. The number of nitrogens with zero attached hydrogens (tertiary/aromatic N) is 1. The molecule has 8 heteroatoms. The first-order valence-corrected chi connectivity index (χ1v) is 13.5. The number of rotatable bonds is 9. The fraction of sp³-hybridized carbons (Fsp3) is 0.321. The third-order valence-electron chi connectivity index (χ3n) is 6.24. The highest BCUT2D eigenvalue weighted by Crippen LogP contribution is 2.33. The van der Waals surface area contributed by atoms with Gasteiger partial charge in [-0.25, -0.2) is 8.42 Å². The predicted octanol–water partition coefficient (Wildman–Crippen LogP) is 5.47. The summed E-state index contributed by atoms with van der Waals surface area (Å²) in [7, 11) is -2.58. The van der Waals surface area contributed by atoms with Crippen LogP contribution in [-0.2, 0) is 14.8 Å². The normalized spacial score (nSPS) is 13.9. The van der Waals surface area contributed by atoms with Gasteiger partial charge in [0.05, 0.1) is 23.8 Å². The number of amides is 1. The summed E-state index contributed by atoms with van der Waals surface area (Å²) in [6, 6.07) is 18.9. The number of nitrogens with one attached hydrogen (secondary N) is 1. The number of ether oxygens (including phenoxy) is 2. The van der Waals surface area contributed by atoms with Crippen LogP contribution in [0.4, 0.5) is 11.4 Å². The van der Waals surface area contributed by atoms with Crippen molar-refractivity contribution in [3.8, 4) is 11.5 Å². The maximum absolute atomic E-state index is 13.7. The molecule has 1 amide bonds. The Morgan fingerprint density at radius 2 is 1.58 bits per heavy atom. The topological polar surface area (TPSA) is 84.9 Å². The van der Waals surface area contributed by atoms with Gasteiger partial charge in [-0.2, -0.15) is 0 Å². The molecule has 0 aliphatic heterocycles. The predicted molar refractivity (Wildman–Crippen MR) is 141 cm³/mol. The van der Waals surface area contributed by atoms with Gasteiger partial charge in [0.1, 0.15) is 18.0 Å². The maximum atomic E-state index is 13.7. The lowest BCUT2D eigenvalue weighted by Gasteiger charge is -2.26. The molecule has 0 bridgehead atoms. The Morgan fingerprint density at radius 3 is 2.22 bits per heavy atom. The number of hydrogen-bond acceptors (Lipinski definition) is 5. The van der Waals surface area contributed by atoms with Gasteiger partial charge >= 0.3 is 0 Å². The van der Waals surface area contributed by atoms with Crippen LogP contribution in [0.5, 0.6) is 11.5 Å². The van der Waals surface area contributed by atoms with Crippen LogP contribution < -0.4 is 19.1 Å². The standard InChI is InChI=1S/C28H32N2O5S/c1-20-8-15-25(16-9-20)36(32,33)30(26-18-21(2)10-17-27(26)34-3)19-28(31)29-22-11-13-24(14-12-22)35-23-6-4-5-7-23/h8-18,23H,4-7,19H2,1-3H3,(H,29,31). The molecule has 1 aliphatic rings. The van der Waals surface area contributed by atoms with Crippen LogP contribution in [0.2, 0.25) is 0 Å². The number of hydrogen-bond donors (Lipinski definition) is 1. The van der Waals surface area contributed by atoms with Gasteiger partial charge in [-0.3, -0.25) is 9.10 Å². The minimum absolute atomic E-state index is 0.0953. The fourth-order valence-corrected chi connectivity index (χ4v) is 5.70. The van der Waals surface area contributed by atoms with E-state index in [-0.39, 0.29) is 11.0 Å². The highest BCUT2D eigenvalue weighted by atomic mass is 32.2. The largest absolute Gasteiger partial charge is 0.495 e. The molecule has 0 heterocycles. The van der Waals surface area contributed by atoms with E-state index in [0.717, 1.165) is 34.0 Å². The molecule has 0 radical (unpaired) electrons. The second kappa shape index (κ2) is 11.0. The van der Waals surface area contributed by atoms with Crippen LogP contribution in [0.1, 0.15) is 36.8 Å². The first kappa shape index (κ1) is 25.6. The molecule has 0 aromatic heterocycles. The number of sulfonamides is 1. The lowest BCUT2D eigenvalue weighted by molar-refractivity contribution is -0.114. The molecular formula is C28H32N2O5S. The van der Waals surface area contributed by atoms with E-state index in [1.54, 1.807) is 48.5 Å². The smallest absolute Gasteiger partial charge is 0.264 e. The van der Waals surface area contributed by atoms with Crippen molar-refractivity contribution in [2.24, 2.45) is 0 Å². The summed E-state index contributed by atoms with van der Waals surface area (Å²) >= 11 is 0. The quantitative estimate of drug-likeness (QED) is 0.414. The van der Waals surface area contributed by atoms with E-state index >= 15 is 0 Å². The van der Waals surface area contributed by atoms with Crippen molar-refractivity contribution < 1.29 is 22.7 Å². The molecule has 3 aromatic rings. The number of carbonyl (C=O) groups excluding carboxylic acids is 1. The first-order chi connectivity index (χ1) is 17.3. The zero-order valence-corrected chi connectivity index (χ0v) is 21.7. The highest BCUT2D eigenvalue weighted by molar-refractivity contribution is 7.92. The zero-order valence-electron chi connectivity index (χ0n) is 20.9. The molecule has 190 valence electrons. The van der Waals surface area contributed by atoms with E-state index in [2.05, 4.69) is 5.32 Å². The Balaban J connectivity index is 1.57. The van der Waals surface area contributed by atoms with Crippen LogP contribution in [-0.4, -0.2) is 34.1 Å². The van der Waals surface area contributed by atoms with Gasteiger partial charge in [0.2, 0.25) is 5.91 Å². The Morgan fingerprint density at radius 1 is 0.944 bits per heavy atom. The minimum atomic E-state index is -4.06. The van der Waals surface area contributed by atoms with Crippen LogP contribution in [0.3, 0.4) is 0 Å². The van der Waals surface area contributed by atoms with Crippen LogP contribution in [0.15, 0.2) is 71.6 Å². The second-order valence-corrected chi connectivity index (χ2v) is 11.0. The molecule has 4 rings (SSSR count). The van der Waals surface area contributed by atoms with Crippen LogP contribution >= 0.6 is 0 Å². The van der Waals surface area contributed by atoms with Crippen molar-refractivity contribution >= 4 is 27.3 Å². The van der Waals surface area contributed by atoms with Crippen molar-refractivity contribution in [1.82, 2.24) is 0 Å². The van der Waals surface area contributed by atoms with Gasteiger partial charge in [-0.15, -0.1) is 0 Å². The maximum Gasteiger partial charge on any atom is 0.264 e. The van der Waals surface area contributed by atoms with Crippen molar-refractivity contribution in [3.63, 3.8) is 0 Å². The van der Waals surface area contributed by atoms with Gasteiger partial charge in [0.25, 0.3) is 10.0 Å². The molecule has 36 heavy (non-hydrogen) atoms. The Labute approximate surface area is 213 Å². The van der Waals surface area contributed by atoms with E-state index in [1.807, 2.05) is 32.0 Å². The number of anilines is 2. The molecule has 1 aliphatic carbocycles. The summed E-state index contributed by atoms with van der Waals surface area (Å²) in [6.07, 6.45) is 4.74. The van der Waals surface area contributed by atoms with Crippen molar-refractivity contribution in [1.29, 1.82) is 0 Å². The molecule has 0 atom stereocenters. The third kappa shape index (κ3) is 5.99. The minimum Gasteiger partial charge on any atom is -0.495 e. The Kier molecular flexibility index (Phi) is 7.84. The molecule has 7 nitrogen and oxygen atoms in total. The number of methoxy groups -OCH3 is 1. The zero-order chi connectivity index (χ0) is 25.7. The van der Waals surface area contributed by atoms with Crippen LogP contribution in [0, 0.1) is 13.8 Å². The van der Waals surface area contributed by atoms with E-state index in [9.17, 15) is 13.2 Å². The summed E-state index contributed by atoms with van der Waals surface area (Å²) in [4.78, 5) is 13.2. The number of benzene rings is 3. The van der Waals surface area contributed by atoms with E-state index in [0.29, 0.717) is 17.1 Å². The number of aryl methyl sites for hydroxylation is 2. The van der Waals surface area contributed by atoms with E-state index in [1.165, 1.54) is 20.0 Å². The lowest BCUT2D eigenvalue weighted by Crippen LogP contribution is -2.38. The summed E-state index contributed by atoms with van der Waals surface area (Å²) in [5, 5.41) is 2.81. The third-order valence-corrected chi connectivity index (χ3v) is 8.02. The van der Waals surface area contributed by atoms with E-state index in [4.69, 9.17) is 9.47 Å². The second-order valence-electron chi connectivity index (χ2n) is 9.10. The van der Waals surface area contributed by atoms with Crippen molar-refractivity contribution in [2.75, 3.05) is 23.3 Å². The first-order valence-electron chi connectivity index (χ1n) is 12.1. The lowest BCUT2D eigenvalue weighted by atomic mass is 10.2. The molecular weight excluding hydrogens is 476 g/mol. The average Bonchev–Trinajstić information content (AvgIpc) is 3.37. The molecule has 1 N–H and O–H groups in total. The van der Waals surface area contributed by atoms with Gasteiger partial charge in [-0.05, 0) is 93.6 Å². The average molecular weight is 509 g/mol. The monoisotopic (exact) mass is 508 g/mol. The molecule has 0 saturated heterocycles. The summed E-state index contributed by atoms with van der Waals surface area (Å²) in [5.74, 6) is 0.643. The van der Waals surface area contributed by atoms with Gasteiger partial charge < -0.3 is 14.8 Å². The summed E-state index contributed by atoms with van der Waals surface area (Å²) in [5.41, 5.74) is 2.64. The Bertz CT molecular complexity index is 1300. The number of carbonyl (C=O) groups is 1. The molecule has 1 saturated carbocycles. The van der Waals surface area contributed by atoms with Crippen molar-refractivity contribution in [3.05, 3.63) is 77.9 Å². The SMILES string of the molecule is COc1ccc(C)cc1N(CC(=O)Nc1ccc(OC2CCCC2)cc1)S(=O)(=O)c1ccc(C)cc1. The molecule has 0 spiro atoms. The van der Waals surface area contributed by atoms with Gasteiger partial charge in [0, 0.05) is 5.69 Å². The molecule has 1 fully saturated rings.